The maximum absolute atomic E-state index is 13.1. The molecule has 31 heavy (non-hydrogen) atoms. The lowest BCUT2D eigenvalue weighted by Gasteiger charge is -2.23. The van der Waals surface area contributed by atoms with Gasteiger partial charge in [-0.15, -0.1) is 5.06 Å². The second-order valence-electron chi connectivity index (χ2n) is 6.88. The normalized spacial score (nSPS) is 16.6. The molecule has 0 atom stereocenters. The monoisotopic (exact) mass is 421 g/mol. The Hall–Kier alpha value is -3.94. The number of rotatable bonds is 6. The quantitative estimate of drug-likeness (QED) is 0.705. The predicted octanol–water partition coefficient (Wildman–Crippen LogP) is 4.25. The van der Waals surface area contributed by atoms with E-state index < -0.39 is 5.91 Å². The van der Waals surface area contributed by atoms with Crippen molar-refractivity contribution in [1.29, 1.82) is 5.41 Å². The highest BCUT2D eigenvalue weighted by molar-refractivity contribution is 6.32. The Morgan fingerprint density at radius 3 is 2.68 bits per heavy atom. The Labute approximate surface area is 178 Å². The van der Waals surface area contributed by atoms with E-state index >= 15 is 0 Å². The molecular weight excluding hydrogens is 401 g/mol. The van der Waals surface area contributed by atoms with Crippen LogP contribution in [-0.4, -0.2) is 29.2 Å². The number of hydroxylamine groups is 2. The molecule has 0 bridgehead atoms. The van der Waals surface area contributed by atoms with E-state index in [0.29, 0.717) is 35.3 Å². The van der Waals surface area contributed by atoms with Crippen LogP contribution in [0.2, 0.25) is 0 Å². The second kappa shape index (κ2) is 8.43. The summed E-state index contributed by atoms with van der Waals surface area (Å²) in [4.78, 5) is 21.8. The van der Waals surface area contributed by atoms with Gasteiger partial charge >= 0.3 is 0 Å². The van der Waals surface area contributed by atoms with E-state index in [1.807, 2.05) is 6.92 Å². The van der Waals surface area contributed by atoms with Crippen LogP contribution in [0.25, 0.3) is 6.08 Å². The molecular formula is C23H20FN3O4. The minimum atomic E-state index is -0.514. The molecule has 0 saturated carbocycles. The van der Waals surface area contributed by atoms with Crippen LogP contribution in [0.5, 0.6) is 11.5 Å². The summed E-state index contributed by atoms with van der Waals surface area (Å²) in [5.41, 5.74) is 1.57. The summed E-state index contributed by atoms with van der Waals surface area (Å²) in [6, 6.07) is 11.3. The molecule has 0 saturated heterocycles. The number of hydrogen-bond donors (Lipinski definition) is 1. The topological polar surface area (TPSA) is 84.2 Å². The molecule has 2 aromatic rings. The van der Waals surface area contributed by atoms with E-state index in [4.69, 9.17) is 19.7 Å². The number of benzene rings is 2. The van der Waals surface area contributed by atoms with Crippen molar-refractivity contribution in [2.45, 2.75) is 20.5 Å². The maximum atomic E-state index is 13.1. The molecule has 158 valence electrons. The van der Waals surface area contributed by atoms with Crippen molar-refractivity contribution in [1.82, 2.24) is 5.06 Å². The van der Waals surface area contributed by atoms with E-state index in [-0.39, 0.29) is 23.8 Å². The minimum Gasteiger partial charge on any atom is -0.490 e. The predicted molar refractivity (Wildman–Crippen MR) is 113 cm³/mol. The molecule has 0 radical (unpaired) electrons. The van der Waals surface area contributed by atoms with Gasteiger partial charge in [-0.1, -0.05) is 18.2 Å². The standard InChI is InChI=1S/C23H20FN3O4/c1-3-29-20-12-16(6-9-19(20)30-13-15-4-7-17(24)8-5-15)11-18-22(25)27-21(26-23(18)28)10-14(2)31-27/h4-12,25H,3,13H2,1-2H3/b18-11+,25-22?. The van der Waals surface area contributed by atoms with Crippen molar-refractivity contribution in [3.63, 3.8) is 0 Å². The fraction of sp³-hybridized carbons (Fsp3) is 0.174. The molecule has 0 spiro atoms. The van der Waals surface area contributed by atoms with Crippen molar-refractivity contribution in [3.8, 4) is 11.5 Å². The minimum absolute atomic E-state index is 0.0855. The SMILES string of the molecule is CCOc1cc(/C=C2\C(=N)N3OC(C)=CC3=NC2=O)ccc1OCc1ccc(F)cc1. The summed E-state index contributed by atoms with van der Waals surface area (Å²) >= 11 is 0. The molecule has 2 aliphatic heterocycles. The lowest BCUT2D eigenvalue weighted by molar-refractivity contribution is -0.114. The Kier molecular flexibility index (Phi) is 5.53. The highest BCUT2D eigenvalue weighted by Crippen LogP contribution is 2.31. The van der Waals surface area contributed by atoms with Gasteiger partial charge in [0, 0.05) is 6.08 Å². The van der Waals surface area contributed by atoms with Gasteiger partial charge in [-0.2, -0.15) is 4.99 Å². The molecule has 0 aromatic heterocycles. The third-order valence-corrected chi connectivity index (χ3v) is 4.57. The zero-order valence-corrected chi connectivity index (χ0v) is 17.0. The van der Waals surface area contributed by atoms with E-state index in [9.17, 15) is 9.18 Å². The highest BCUT2D eigenvalue weighted by Gasteiger charge is 2.34. The number of ether oxygens (including phenoxy) is 2. The number of amides is 1. The van der Waals surface area contributed by atoms with Crippen LogP contribution < -0.4 is 9.47 Å². The van der Waals surface area contributed by atoms with Crippen molar-refractivity contribution >= 4 is 23.7 Å². The van der Waals surface area contributed by atoms with Gasteiger partial charge in [0.25, 0.3) is 5.91 Å². The van der Waals surface area contributed by atoms with Gasteiger partial charge in [0.15, 0.2) is 23.2 Å². The lowest BCUT2D eigenvalue weighted by Crippen LogP contribution is -2.38. The van der Waals surface area contributed by atoms with E-state index in [2.05, 4.69) is 4.99 Å². The molecule has 2 aromatic carbocycles. The number of hydrogen-bond acceptors (Lipinski definition) is 5. The van der Waals surface area contributed by atoms with Gasteiger partial charge in [-0.3, -0.25) is 10.2 Å². The average Bonchev–Trinajstić information content (AvgIpc) is 3.12. The van der Waals surface area contributed by atoms with Crippen LogP contribution in [0.4, 0.5) is 4.39 Å². The van der Waals surface area contributed by atoms with Gasteiger partial charge in [0.1, 0.15) is 18.2 Å². The van der Waals surface area contributed by atoms with Crippen LogP contribution in [0.3, 0.4) is 0 Å². The molecule has 7 nitrogen and oxygen atoms in total. The molecule has 0 fully saturated rings. The molecule has 0 unspecified atom stereocenters. The van der Waals surface area contributed by atoms with E-state index in [1.54, 1.807) is 49.4 Å². The number of aliphatic imine (C=N–C) groups is 1. The van der Waals surface area contributed by atoms with E-state index in [1.165, 1.54) is 17.2 Å². The first-order valence-corrected chi connectivity index (χ1v) is 9.68. The zero-order chi connectivity index (χ0) is 22.0. The summed E-state index contributed by atoms with van der Waals surface area (Å²) in [6.07, 6.45) is 3.16. The van der Waals surface area contributed by atoms with Gasteiger partial charge in [-0.25, -0.2) is 4.39 Å². The summed E-state index contributed by atoms with van der Waals surface area (Å²) in [5, 5.41) is 9.53. The number of nitrogens with zero attached hydrogens (tertiary/aromatic N) is 2. The molecule has 8 heteroatoms. The van der Waals surface area contributed by atoms with Crippen molar-refractivity contribution in [3.05, 3.63) is 76.8 Å². The fourth-order valence-electron chi connectivity index (χ4n) is 3.11. The number of allylic oxidation sites excluding steroid dienone is 1. The highest BCUT2D eigenvalue weighted by atomic mass is 19.1. The van der Waals surface area contributed by atoms with E-state index in [0.717, 1.165) is 5.56 Å². The number of carbonyl (C=O) groups excluding carboxylic acids is 1. The van der Waals surface area contributed by atoms with Crippen LogP contribution in [0.1, 0.15) is 25.0 Å². The number of amidine groups is 2. The third-order valence-electron chi connectivity index (χ3n) is 4.57. The molecule has 0 aliphatic carbocycles. The number of fused-ring (bicyclic) bond motifs is 1. The largest absolute Gasteiger partial charge is 0.490 e. The van der Waals surface area contributed by atoms with Crippen LogP contribution in [0, 0.1) is 11.2 Å². The van der Waals surface area contributed by atoms with Crippen LogP contribution >= 0.6 is 0 Å². The van der Waals surface area contributed by atoms with Gasteiger partial charge in [-0.05, 0) is 55.3 Å². The molecule has 2 heterocycles. The third kappa shape index (κ3) is 4.32. The Bertz CT molecular complexity index is 1140. The molecule has 2 aliphatic rings. The Balaban J connectivity index is 1.57. The van der Waals surface area contributed by atoms with Crippen molar-refractivity contribution in [2.75, 3.05) is 6.61 Å². The Morgan fingerprint density at radius 2 is 1.94 bits per heavy atom. The van der Waals surface area contributed by atoms with Crippen molar-refractivity contribution < 1.29 is 23.5 Å². The summed E-state index contributed by atoms with van der Waals surface area (Å²) in [5.74, 6) is 0.955. The lowest BCUT2D eigenvalue weighted by atomic mass is 10.1. The average molecular weight is 421 g/mol. The smallest absolute Gasteiger partial charge is 0.282 e. The fourth-order valence-corrected chi connectivity index (χ4v) is 3.11. The maximum Gasteiger partial charge on any atom is 0.282 e. The van der Waals surface area contributed by atoms with Gasteiger partial charge < -0.3 is 14.3 Å². The number of nitrogens with one attached hydrogen (secondary N) is 1. The first-order valence-electron chi connectivity index (χ1n) is 9.68. The number of carbonyl (C=O) groups is 1. The number of halogens is 1. The zero-order valence-electron chi connectivity index (χ0n) is 17.0. The van der Waals surface area contributed by atoms with Gasteiger partial charge in [0.05, 0.1) is 12.2 Å². The molecule has 4 rings (SSSR count). The van der Waals surface area contributed by atoms with Crippen molar-refractivity contribution in [2.24, 2.45) is 4.99 Å². The summed E-state index contributed by atoms with van der Waals surface area (Å²) < 4.78 is 24.6. The summed E-state index contributed by atoms with van der Waals surface area (Å²) in [7, 11) is 0. The first-order chi connectivity index (χ1) is 14.9. The van der Waals surface area contributed by atoms with Crippen LogP contribution in [0.15, 0.2) is 64.9 Å². The van der Waals surface area contributed by atoms with Crippen LogP contribution in [-0.2, 0) is 16.2 Å². The summed E-state index contributed by atoms with van der Waals surface area (Å²) in [6.45, 7) is 4.24. The molecule has 1 amide bonds. The first kappa shape index (κ1) is 20.3. The molecule has 1 N–H and O–H groups in total. The van der Waals surface area contributed by atoms with Gasteiger partial charge in [0.2, 0.25) is 0 Å². The Morgan fingerprint density at radius 1 is 1.16 bits per heavy atom. The second-order valence-corrected chi connectivity index (χ2v) is 6.88.